The lowest BCUT2D eigenvalue weighted by Crippen LogP contribution is -2.12. The molecule has 8 heavy (non-hydrogen) atoms. The second-order valence-corrected chi connectivity index (χ2v) is 0.902. The maximum atomic E-state index is 10.9. The van der Waals surface area contributed by atoms with Gasteiger partial charge in [-0.3, -0.25) is 9.73 Å². The summed E-state index contributed by atoms with van der Waals surface area (Å²) in [6, 6.07) is 0. The molecule has 0 aromatic carbocycles. The standard InChI is InChI=1S/C3H3F3NO/c1-7-2-8-3(4,5)6/h1H,2H2. The van der Waals surface area contributed by atoms with Gasteiger partial charge in [0.25, 0.3) is 0 Å². The molecule has 0 aromatic heterocycles. The number of alkyl halides is 3. The molecule has 0 aliphatic heterocycles. The van der Waals surface area contributed by atoms with Gasteiger partial charge in [-0.15, -0.1) is 13.2 Å². The number of ether oxygens (including phenoxy) is 1. The minimum Gasteiger partial charge on any atom is -0.269 e. The zero-order valence-electron chi connectivity index (χ0n) is 3.77. The third-order valence-corrected chi connectivity index (χ3v) is 0.303. The van der Waals surface area contributed by atoms with Gasteiger partial charge in [0.05, 0.1) is 0 Å². The van der Waals surface area contributed by atoms with Crippen molar-refractivity contribution in [3.05, 3.63) is 0 Å². The number of hydrogen-bond acceptors (Lipinski definition) is 2. The van der Waals surface area contributed by atoms with Gasteiger partial charge in [-0.05, 0) is 0 Å². The van der Waals surface area contributed by atoms with Crippen molar-refractivity contribution in [3.8, 4) is 0 Å². The van der Waals surface area contributed by atoms with E-state index in [-0.39, 0.29) is 0 Å². The molecule has 0 spiro atoms. The molecule has 0 saturated heterocycles. The molecule has 47 valence electrons. The van der Waals surface area contributed by atoms with E-state index < -0.39 is 13.1 Å². The highest BCUT2D eigenvalue weighted by Gasteiger charge is 2.28. The normalized spacial score (nSPS) is 11.4. The Bertz CT molecular complexity index is 79.1. The highest BCUT2D eigenvalue weighted by molar-refractivity contribution is 5.22. The van der Waals surface area contributed by atoms with Gasteiger partial charge in [0.1, 0.15) is 6.73 Å². The average Bonchev–Trinajstić information content (AvgIpc) is 1.59. The van der Waals surface area contributed by atoms with E-state index >= 15 is 0 Å². The van der Waals surface area contributed by atoms with Gasteiger partial charge in [-0.2, -0.15) is 0 Å². The SMILES string of the molecule is [CH]=NCOC(F)(F)F. The first-order valence-corrected chi connectivity index (χ1v) is 1.63. The first-order valence-electron chi connectivity index (χ1n) is 1.63. The number of nitrogens with zero attached hydrogens (tertiary/aromatic N) is 1. The largest absolute Gasteiger partial charge is 0.524 e. The van der Waals surface area contributed by atoms with Crippen molar-refractivity contribution in [2.45, 2.75) is 6.36 Å². The van der Waals surface area contributed by atoms with Gasteiger partial charge in [-0.1, -0.05) is 0 Å². The van der Waals surface area contributed by atoms with Gasteiger partial charge in [0.15, 0.2) is 0 Å². The maximum Gasteiger partial charge on any atom is 0.524 e. The molecule has 0 rings (SSSR count). The number of aliphatic imine (C=N–C) groups is 1. The zero-order chi connectivity index (χ0) is 6.62. The van der Waals surface area contributed by atoms with Crippen LogP contribution in [0.4, 0.5) is 13.2 Å². The molecule has 0 aliphatic carbocycles. The molecule has 1 radical (unpaired) electrons. The Labute approximate surface area is 44.0 Å². The van der Waals surface area contributed by atoms with Gasteiger partial charge in [0.2, 0.25) is 0 Å². The Morgan fingerprint density at radius 2 is 2.00 bits per heavy atom. The van der Waals surface area contributed by atoms with E-state index in [1.54, 1.807) is 0 Å². The second kappa shape index (κ2) is 2.66. The predicted molar refractivity (Wildman–Crippen MR) is 20.5 cm³/mol. The highest BCUT2D eigenvalue weighted by Crippen LogP contribution is 2.15. The Morgan fingerprint density at radius 3 is 2.12 bits per heavy atom. The lowest BCUT2D eigenvalue weighted by molar-refractivity contribution is -0.323. The molecule has 0 atom stereocenters. The average molecular weight is 126 g/mol. The third-order valence-electron chi connectivity index (χ3n) is 0.303. The molecule has 0 unspecified atom stereocenters. The van der Waals surface area contributed by atoms with Crippen LogP contribution >= 0.6 is 0 Å². The van der Waals surface area contributed by atoms with Crippen LogP contribution in [-0.2, 0) is 4.74 Å². The van der Waals surface area contributed by atoms with Crippen molar-refractivity contribution in [1.82, 2.24) is 0 Å². The van der Waals surface area contributed by atoms with E-state index in [4.69, 9.17) is 0 Å². The van der Waals surface area contributed by atoms with Crippen LogP contribution in [0.15, 0.2) is 4.99 Å². The van der Waals surface area contributed by atoms with E-state index in [0.29, 0.717) is 0 Å². The summed E-state index contributed by atoms with van der Waals surface area (Å²) in [6.07, 6.45) is -4.62. The van der Waals surface area contributed by atoms with Crippen molar-refractivity contribution in [1.29, 1.82) is 0 Å². The van der Waals surface area contributed by atoms with Crippen LogP contribution in [0.3, 0.4) is 0 Å². The Morgan fingerprint density at radius 1 is 1.50 bits per heavy atom. The van der Waals surface area contributed by atoms with Gasteiger partial charge in [-0.25, -0.2) is 0 Å². The van der Waals surface area contributed by atoms with Crippen LogP contribution in [-0.4, -0.2) is 19.8 Å². The molecule has 0 N–H and O–H groups in total. The molecule has 0 heterocycles. The highest BCUT2D eigenvalue weighted by atomic mass is 19.4. The minimum atomic E-state index is -4.62. The van der Waals surface area contributed by atoms with Crippen LogP contribution in [0.25, 0.3) is 0 Å². The molecule has 0 bridgehead atoms. The first kappa shape index (κ1) is 7.42. The summed E-state index contributed by atoms with van der Waals surface area (Å²) in [5.74, 6) is 0. The summed E-state index contributed by atoms with van der Waals surface area (Å²) < 4.78 is 35.8. The topological polar surface area (TPSA) is 21.6 Å². The smallest absolute Gasteiger partial charge is 0.269 e. The number of hydrogen-bond donors (Lipinski definition) is 0. The van der Waals surface area contributed by atoms with Crippen LogP contribution in [0.5, 0.6) is 0 Å². The first-order chi connectivity index (χ1) is 3.56. The fourth-order valence-electron chi connectivity index (χ4n) is 0.110. The summed E-state index contributed by atoms with van der Waals surface area (Å²) in [6.45, 7) is 3.49. The summed E-state index contributed by atoms with van der Waals surface area (Å²) in [5.41, 5.74) is 0. The molecular weight excluding hydrogens is 123 g/mol. The molecule has 0 saturated carbocycles. The zero-order valence-corrected chi connectivity index (χ0v) is 3.77. The molecule has 5 heteroatoms. The van der Waals surface area contributed by atoms with Crippen molar-refractivity contribution >= 4 is 6.72 Å². The van der Waals surface area contributed by atoms with E-state index in [9.17, 15) is 13.2 Å². The van der Waals surface area contributed by atoms with Crippen LogP contribution in [0.1, 0.15) is 0 Å². The molecule has 0 aliphatic rings. The maximum absolute atomic E-state index is 10.9. The molecule has 0 amide bonds. The third kappa shape index (κ3) is 5.42. The number of halogens is 3. The molecular formula is C3H3F3NO. The van der Waals surface area contributed by atoms with Gasteiger partial charge < -0.3 is 0 Å². The summed E-state index contributed by atoms with van der Waals surface area (Å²) in [7, 11) is 0. The van der Waals surface area contributed by atoms with Crippen molar-refractivity contribution in [3.63, 3.8) is 0 Å². The molecule has 0 aromatic rings. The predicted octanol–water partition coefficient (Wildman–Crippen LogP) is 1.06. The fraction of sp³-hybridized carbons (Fsp3) is 0.667. The lowest BCUT2D eigenvalue weighted by atomic mass is 11.2. The molecule has 0 fully saturated rings. The van der Waals surface area contributed by atoms with E-state index in [1.807, 2.05) is 0 Å². The number of rotatable bonds is 2. The fourth-order valence-corrected chi connectivity index (χ4v) is 0.110. The quantitative estimate of drug-likeness (QED) is 0.507. The van der Waals surface area contributed by atoms with E-state index in [1.165, 1.54) is 0 Å². The second-order valence-electron chi connectivity index (χ2n) is 0.902. The van der Waals surface area contributed by atoms with Crippen LogP contribution in [0.2, 0.25) is 0 Å². The van der Waals surface area contributed by atoms with Crippen LogP contribution < -0.4 is 0 Å². The van der Waals surface area contributed by atoms with Crippen molar-refractivity contribution < 1.29 is 17.9 Å². The lowest BCUT2D eigenvalue weighted by Gasteiger charge is -2.01. The van der Waals surface area contributed by atoms with Crippen molar-refractivity contribution in [2.75, 3.05) is 6.73 Å². The summed E-state index contributed by atoms with van der Waals surface area (Å²) in [4.78, 5) is 2.58. The summed E-state index contributed by atoms with van der Waals surface area (Å²) >= 11 is 0. The van der Waals surface area contributed by atoms with E-state index in [2.05, 4.69) is 16.4 Å². The molecule has 2 nitrogen and oxygen atoms in total. The monoisotopic (exact) mass is 126 g/mol. The Hall–Kier alpha value is -0.580. The van der Waals surface area contributed by atoms with E-state index in [0.717, 1.165) is 0 Å². The summed E-state index contributed by atoms with van der Waals surface area (Å²) in [5, 5.41) is 0. The minimum absolute atomic E-state index is 0.844. The van der Waals surface area contributed by atoms with Gasteiger partial charge >= 0.3 is 6.36 Å². The van der Waals surface area contributed by atoms with Crippen molar-refractivity contribution in [2.24, 2.45) is 4.99 Å². The van der Waals surface area contributed by atoms with Crippen LogP contribution in [0, 0.1) is 0 Å². The Balaban J connectivity index is 3.24. The Kier molecular flexibility index (Phi) is 2.47. The van der Waals surface area contributed by atoms with Gasteiger partial charge in [0, 0.05) is 6.72 Å².